The Balaban J connectivity index is 1.77. The molecule has 0 fully saturated rings. The molecule has 1 amide bonds. The maximum Gasteiger partial charge on any atom is 0.221 e. The number of methoxy groups -OCH3 is 1. The van der Waals surface area contributed by atoms with Gasteiger partial charge in [-0.3, -0.25) is 9.78 Å². The Bertz CT molecular complexity index is 842. The smallest absolute Gasteiger partial charge is 0.221 e. The number of rotatable bonds is 9. The molecule has 0 radical (unpaired) electrons. The predicted molar refractivity (Wildman–Crippen MR) is 100 cm³/mol. The van der Waals surface area contributed by atoms with E-state index in [4.69, 9.17) is 16.3 Å². The quantitative estimate of drug-likeness (QED) is 0.658. The Hall–Kier alpha value is -2.12. The number of hydrogen-bond donors (Lipinski definition) is 1. The topological polar surface area (TPSA) is 85.4 Å². The molecule has 8 heteroatoms. The number of aryl methyl sites for hydroxylation is 1. The molecule has 140 valence electrons. The van der Waals surface area contributed by atoms with Crippen LogP contribution in [0.3, 0.4) is 0 Å². The lowest BCUT2D eigenvalue weighted by atomic mass is 10.1. The van der Waals surface area contributed by atoms with Crippen molar-refractivity contribution in [2.24, 2.45) is 0 Å². The van der Waals surface area contributed by atoms with Crippen LogP contribution in [0, 0.1) is 0 Å². The average molecular weight is 397 g/mol. The van der Waals surface area contributed by atoms with Gasteiger partial charge in [-0.2, -0.15) is 0 Å². The summed E-state index contributed by atoms with van der Waals surface area (Å²) >= 11 is 5.96. The van der Waals surface area contributed by atoms with Gasteiger partial charge in [0.1, 0.15) is 5.75 Å². The molecule has 6 nitrogen and oxygen atoms in total. The van der Waals surface area contributed by atoms with E-state index in [2.05, 4.69) is 10.3 Å². The lowest BCUT2D eigenvalue weighted by Gasteiger charge is -2.08. The number of sulfone groups is 1. The van der Waals surface area contributed by atoms with E-state index in [9.17, 15) is 13.2 Å². The molecule has 0 bridgehead atoms. The Labute approximate surface area is 158 Å². The Morgan fingerprint density at radius 3 is 2.77 bits per heavy atom. The number of benzene rings is 1. The first-order valence-corrected chi connectivity index (χ1v) is 10.2. The van der Waals surface area contributed by atoms with Crippen molar-refractivity contribution in [2.75, 3.05) is 19.4 Å². The Morgan fingerprint density at radius 1 is 1.31 bits per heavy atom. The van der Waals surface area contributed by atoms with Crippen molar-refractivity contribution in [3.63, 3.8) is 0 Å². The van der Waals surface area contributed by atoms with Crippen molar-refractivity contribution in [1.29, 1.82) is 0 Å². The minimum absolute atomic E-state index is 0.0766. The van der Waals surface area contributed by atoms with E-state index in [1.54, 1.807) is 12.4 Å². The number of carbonyl (C=O) groups is 1. The molecule has 2 aromatic rings. The number of amides is 1. The number of halogens is 1. The van der Waals surface area contributed by atoms with Crippen LogP contribution in [-0.2, 0) is 21.1 Å². The van der Waals surface area contributed by atoms with E-state index < -0.39 is 9.84 Å². The second-order valence-electron chi connectivity index (χ2n) is 5.68. The average Bonchev–Trinajstić information content (AvgIpc) is 2.64. The fraction of sp³-hybridized carbons (Fsp3) is 0.333. The molecule has 1 heterocycles. The third-order valence-electron chi connectivity index (χ3n) is 3.77. The van der Waals surface area contributed by atoms with Gasteiger partial charge in [-0.25, -0.2) is 8.42 Å². The molecule has 0 aliphatic rings. The first kappa shape index (κ1) is 20.2. The summed E-state index contributed by atoms with van der Waals surface area (Å²) in [5.41, 5.74) is 1.10. The van der Waals surface area contributed by atoms with E-state index in [0.29, 0.717) is 12.3 Å². The maximum absolute atomic E-state index is 12.3. The fourth-order valence-corrected chi connectivity index (χ4v) is 3.93. The van der Waals surface area contributed by atoms with E-state index in [-0.39, 0.29) is 28.0 Å². The van der Waals surface area contributed by atoms with Gasteiger partial charge >= 0.3 is 0 Å². The summed E-state index contributed by atoms with van der Waals surface area (Å²) in [6.45, 7) is 0.488. The van der Waals surface area contributed by atoms with Crippen LogP contribution in [0.5, 0.6) is 5.75 Å². The molecular weight excluding hydrogens is 376 g/mol. The molecule has 0 spiro atoms. The highest BCUT2D eigenvalue weighted by Crippen LogP contribution is 2.27. The molecule has 0 aliphatic heterocycles. The van der Waals surface area contributed by atoms with Gasteiger partial charge in [0.25, 0.3) is 0 Å². The van der Waals surface area contributed by atoms with Crippen molar-refractivity contribution in [2.45, 2.75) is 24.2 Å². The summed E-state index contributed by atoms with van der Waals surface area (Å²) in [6, 6.07) is 8.09. The first-order valence-electron chi connectivity index (χ1n) is 8.14. The summed E-state index contributed by atoms with van der Waals surface area (Å²) in [5.74, 6) is -0.166. The van der Waals surface area contributed by atoms with Crippen molar-refractivity contribution < 1.29 is 17.9 Å². The summed E-state index contributed by atoms with van der Waals surface area (Å²) in [7, 11) is -2.13. The highest BCUT2D eigenvalue weighted by Gasteiger charge is 2.18. The van der Waals surface area contributed by atoms with Crippen LogP contribution in [0.2, 0.25) is 5.02 Å². The van der Waals surface area contributed by atoms with Gasteiger partial charge in [-0.1, -0.05) is 17.7 Å². The highest BCUT2D eigenvalue weighted by atomic mass is 35.5. The summed E-state index contributed by atoms with van der Waals surface area (Å²) < 4.78 is 29.6. The zero-order valence-electron chi connectivity index (χ0n) is 14.4. The van der Waals surface area contributed by atoms with E-state index in [1.165, 1.54) is 25.3 Å². The maximum atomic E-state index is 12.3. The lowest BCUT2D eigenvalue weighted by Crippen LogP contribution is -2.26. The SMILES string of the molecule is COc1ccc(S(=O)(=O)CCC(=O)NCCCc2cccnc2)cc1Cl. The van der Waals surface area contributed by atoms with Gasteiger partial charge in [0.15, 0.2) is 9.84 Å². The standard InChI is InChI=1S/C18H21ClN2O4S/c1-25-17-7-6-15(12-16(17)19)26(23,24)11-8-18(22)21-10-3-5-14-4-2-9-20-13-14/h2,4,6-7,9,12-13H,3,5,8,10-11H2,1H3,(H,21,22). The number of carbonyl (C=O) groups excluding carboxylic acids is 1. The normalized spacial score (nSPS) is 11.2. The molecule has 2 rings (SSSR count). The number of aromatic nitrogens is 1. The van der Waals surface area contributed by atoms with Gasteiger partial charge in [0.05, 0.1) is 22.8 Å². The molecule has 0 saturated heterocycles. The lowest BCUT2D eigenvalue weighted by molar-refractivity contribution is -0.120. The van der Waals surface area contributed by atoms with Crippen LogP contribution in [0.4, 0.5) is 0 Å². The van der Waals surface area contributed by atoms with Crippen molar-refractivity contribution in [3.8, 4) is 5.75 Å². The van der Waals surface area contributed by atoms with Gasteiger partial charge in [-0.05, 0) is 42.7 Å². The molecule has 1 aromatic carbocycles. The molecule has 26 heavy (non-hydrogen) atoms. The first-order chi connectivity index (χ1) is 12.4. The number of nitrogens with one attached hydrogen (secondary N) is 1. The van der Waals surface area contributed by atoms with E-state index in [0.717, 1.165) is 18.4 Å². The second kappa shape index (κ2) is 9.54. The van der Waals surface area contributed by atoms with E-state index in [1.807, 2.05) is 12.1 Å². The summed E-state index contributed by atoms with van der Waals surface area (Å²) in [4.78, 5) is 16.0. The van der Waals surface area contributed by atoms with Crippen LogP contribution < -0.4 is 10.1 Å². The van der Waals surface area contributed by atoms with Crippen LogP contribution in [0.25, 0.3) is 0 Å². The van der Waals surface area contributed by atoms with Crippen LogP contribution >= 0.6 is 11.6 Å². The molecule has 0 saturated carbocycles. The predicted octanol–water partition coefficient (Wildman–Crippen LogP) is 2.66. The van der Waals surface area contributed by atoms with Gasteiger partial charge < -0.3 is 10.1 Å². The number of ether oxygens (including phenoxy) is 1. The zero-order chi connectivity index (χ0) is 19.0. The van der Waals surface area contributed by atoms with Gasteiger partial charge in [0, 0.05) is 25.4 Å². The van der Waals surface area contributed by atoms with Crippen molar-refractivity contribution in [3.05, 3.63) is 53.3 Å². The third-order valence-corrected chi connectivity index (χ3v) is 5.78. The number of hydrogen-bond acceptors (Lipinski definition) is 5. The van der Waals surface area contributed by atoms with Gasteiger partial charge in [-0.15, -0.1) is 0 Å². The van der Waals surface area contributed by atoms with Crippen LogP contribution in [0.15, 0.2) is 47.6 Å². The second-order valence-corrected chi connectivity index (χ2v) is 8.20. The molecule has 1 aromatic heterocycles. The van der Waals surface area contributed by atoms with Gasteiger partial charge in [0.2, 0.25) is 5.91 Å². The molecular formula is C18H21ClN2O4S. The highest BCUT2D eigenvalue weighted by molar-refractivity contribution is 7.91. The Morgan fingerprint density at radius 2 is 2.12 bits per heavy atom. The molecule has 1 N–H and O–H groups in total. The zero-order valence-corrected chi connectivity index (χ0v) is 16.0. The van der Waals surface area contributed by atoms with Crippen LogP contribution in [0.1, 0.15) is 18.4 Å². The van der Waals surface area contributed by atoms with E-state index >= 15 is 0 Å². The summed E-state index contributed by atoms with van der Waals surface area (Å²) in [6.07, 6.45) is 4.96. The van der Waals surface area contributed by atoms with Crippen molar-refractivity contribution >= 4 is 27.3 Å². The third kappa shape index (κ3) is 6.00. The summed E-state index contributed by atoms with van der Waals surface area (Å²) in [5, 5.41) is 2.95. The largest absolute Gasteiger partial charge is 0.495 e. The molecule has 0 aliphatic carbocycles. The minimum atomic E-state index is -3.59. The fourth-order valence-electron chi connectivity index (χ4n) is 2.34. The molecule has 0 atom stereocenters. The van der Waals surface area contributed by atoms with Crippen molar-refractivity contribution in [1.82, 2.24) is 10.3 Å². The molecule has 0 unspecified atom stereocenters. The monoisotopic (exact) mass is 396 g/mol. The van der Waals surface area contributed by atoms with Crippen LogP contribution in [-0.4, -0.2) is 38.7 Å². The minimum Gasteiger partial charge on any atom is -0.495 e. The Kier molecular flexibility index (Phi) is 7.41. The number of nitrogens with zero attached hydrogens (tertiary/aromatic N) is 1. The number of pyridine rings is 1.